The summed E-state index contributed by atoms with van der Waals surface area (Å²) in [5.74, 6) is -0.168. The zero-order chi connectivity index (χ0) is 47.9. The number of fused-ring (bicyclic) bond motifs is 1. The van der Waals surface area contributed by atoms with E-state index in [1.807, 2.05) is 46.4 Å². The second-order valence-electron chi connectivity index (χ2n) is 21.2. The Kier molecular flexibility index (Phi) is 16.6. The van der Waals surface area contributed by atoms with Crippen molar-refractivity contribution in [3.8, 4) is 0 Å². The number of aryl methyl sites for hydroxylation is 1. The first kappa shape index (κ1) is 50.2. The summed E-state index contributed by atoms with van der Waals surface area (Å²) < 4.78 is 26.3. The molecule has 7 aliphatic rings. The van der Waals surface area contributed by atoms with Gasteiger partial charge in [-0.3, -0.25) is 4.79 Å². The van der Waals surface area contributed by atoms with Crippen molar-refractivity contribution in [2.24, 2.45) is 5.73 Å². The lowest BCUT2D eigenvalue weighted by molar-refractivity contribution is 0.0281. The maximum Gasteiger partial charge on any atom is 0.410 e. The van der Waals surface area contributed by atoms with Crippen LogP contribution < -0.4 is 37.2 Å². The van der Waals surface area contributed by atoms with Gasteiger partial charge in [0.05, 0.1) is 23.8 Å². The van der Waals surface area contributed by atoms with E-state index in [0.29, 0.717) is 42.1 Å². The minimum Gasteiger partial charge on any atom is -0.444 e. The van der Waals surface area contributed by atoms with Crippen molar-refractivity contribution in [2.75, 3.05) is 62.6 Å². The fourth-order valence-corrected chi connectivity index (χ4v) is 8.36. The molecule has 4 atom stereocenters. The van der Waals surface area contributed by atoms with Gasteiger partial charge in [-0.15, -0.1) is 0 Å². The Morgan fingerprint density at radius 3 is 1.84 bits per heavy atom. The van der Waals surface area contributed by atoms with E-state index in [4.69, 9.17) is 15.2 Å². The Morgan fingerprint density at radius 1 is 0.716 bits per heavy atom. The third-order valence-corrected chi connectivity index (χ3v) is 12.2. The predicted molar refractivity (Wildman–Crippen MR) is 257 cm³/mol. The van der Waals surface area contributed by atoms with Crippen LogP contribution in [0.3, 0.4) is 0 Å². The number of nitrogens with two attached hydrogens (primary N) is 1. The van der Waals surface area contributed by atoms with Gasteiger partial charge in [-0.25, -0.2) is 28.9 Å². The van der Waals surface area contributed by atoms with Crippen LogP contribution in [-0.4, -0.2) is 153 Å². The smallest absolute Gasteiger partial charge is 0.410 e. The van der Waals surface area contributed by atoms with Gasteiger partial charge in [0.25, 0.3) is 5.91 Å². The number of carbonyl (C=O) groups is 3. The van der Waals surface area contributed by atoms with Crippen LogP contribution in [0, 0.1) is 12.7 Å². The Labute approximate surface area is 395 Å². The molecule has 3 amide bonds. The molecule has 19 heteroatoms. The monoisotopic (exact) mass is 934 g/mol. The predicted octanol–water partition coefficient (Wildman–Crippen LogP) is 4.96. The fraction of sp³-hybridized carbons (Fsp3) is 0.708. The highest BCUT2D eigenvalue weighted by Gasteiger charge is 2.34. The van der Waals surface area contributed by atoms with Crippen LogP contribution in [0.2, 0.25) is 0 Å². The molecular weight excluding hydrogens is 858 g/mol. The number of ether oxygens (including phenoxy) is 2. The number of amides is 3. The number of rotatable bonds is 9. The molecule has 0 radical (unpaired) electrons. The van der Waals surface area contributed by atoms with Gasteiger partial charge >= 0.3 is 12.2 Å². The first-order valence-corrected chi connectivity index (χ1v) is 24.6. The molecule has 4 saturated heterocycles. The maximum atomic E-state index is 14.2. The standard InChI is InChI=1S/C20H22FN7O.C12H22N2O2.C9H18N2O2.C7H14N2/c1-12-9-28-11-15(6-16(21)19(28)24-12)26-20(29)17-7-23-18(8-22-17)27-5-4-14(10-27)25-13-2-3-13;1-12(2,3)16-11(15)14-7-6-10(8-14)13-9-4-5-9;1-9(2,3)13-8(12)11-5-4-7(10)6-11;1-2-6(1)9-7-3-4-8-5-7/h6-9,11,13-14,25H,2-5,10H2,1H3,(H,26,29);9-10,13H,4-8H2,1-3H3;7H,4-6,10H2,1-3H3;6-9H,1-5H2/t14-;10-;2*7-/m1111/s1. The lowest BCUT2D eigenvalue weighted by atomic mass is 10.2. The van der Waals surface area contributed by atoms with Crippen LogP contribution in [0.5, 0.6) is 0 Å². The molecule has 10 rings (SSSR count). The number of nitrogens with one attached hydrogen (secondary N) is 5. The van der Waals surface area contributed by atoms with Crippen LogP contribution >= 0.6 is 0 Å². The molecule has 4 aliphatic heterocycles. The molecule has 3 aromatic rings. The average molecular weight is 934 g/mol. The summed E-state index contributed by atoms with van der Waals surface area (Å²) in [7, 11) is 0. The van der Waals surface area contributed by atoms with Crippen molar-refractivity contribution in [3.05, 3.63) is 48.1 Å². The van der Waals surface area contributed by atoms with Gasteiger partial charge in [-0.05, 0) is 119 Å². The highest BCUT2D eigenvalue weighted by atomic mass is 19.1. The van der Waals surface area contributed by atoms with E-state index >= 15 is 0 Å². The summed E-state index contributed by atoms with van der Waals surface area (Å²) in [4.78, 5) is 54.2. The number of hydrogen-bond acceptors (Lipinski definition) is 14. The molecule has 3 saturated carbocycles. The molecule has 3 aliphatic carbocycles. The molecule has 0 spiro atoms. The topological polar surface area (TPSA) is 209 Å². The average Bonchev–Trinajstić information content (AvgIpc) is 4.17. The molecule has 3 aromatic heterocycles. The summed E-state index contributed by atoms with van der Waals surface area (Å²) in [5, 5.41) is 16.8. The van der Waals surface area contributed by atoms with Crippen LogP contribution in [-0.2, 0) is 9.47 Å². The zero-order valence-corrected chi connectivity index (χ0v) is 40.8. The third kappa shape index (κ3) is 16.5. The van der Waals surface area contributed by atoms with Crippen molar-refractivity contribution in [1.82, 2.24) is 50.4 Å². The van der Waals surface area contributed by atoms with E-state index in [-0.39, 0.29) is 35.2 Å². The molecule has 7 N–H and O–H groups in total. The first-order chi connectivity index (χ1) is 31.8. The molecular formula is C48H76FN13O5. The van der Waals surface area contributed by atoms with Crippen molar-refractivity contribution < 1.29 is 28.2 Å². The Morgan fingerprint density at radius 2 is 1.30 bits per heavy atom. The largest absolute Gasteiger partial charge is 0.444 e. The van der Waals surface area contributed by atoms with E-state index in [2.05, 4.69) is 46.4 Å². The lowest BCUT2D eigenvalue weighted by Crippen LogP contribution is -2.38. The molecule has 370 valence electrons. The SMILES string of the molecule is C1C[C@@H](NC2CC2)CN1.CC(C)(C)OC(=O)N1CC[C@@H](N)C1.CC(C)(C)OC(=O)N1CC[C@@H](NC2CC2)C1.Cc1cn2cc(NC(=O)c3cnc(N4CC[C@@H](NC5CC5)C4)cn3)cc(F)c2n1. The minimum absolute atomic E-state index is 0.118. The van der Waals surface area contributed by atoms with Gasteiger partial charge in [-0.1, -0.05) is 0 Å². The number of likely N-dealkylation sites (tertiary alicyclic amines) is 2. The fourth-order valence-electron chi connectivity index (χ4n) is 8.36. The van der Waals surface area contributed by atoms with E-state index < -0.39 is 17.3 Å². The van der Waals surface area contributed by atoms with Gasteiger partial charge < -0.3 is 60.9 Å². The molecule has 0 bridgehead atoms. The second-order valence-corrected chi connectivity index (χ2v) is 21.2. The zero-order valence-electron chi connectivity index (χ0n) is 40.8. The van der Waals surface area contributed by atoms with Crippen LogP contribution in [0.25, 0.3) is 5.65 Å². The van der Waals surface area contributed by atoms with Gasteiger partial charge in [0.1, 0.15) is 22.7 Å². The number of pyridine rings is 1. The molecule has 7 fully saturated rings. The molecule has 7 heterocycles. The van der Waals surface area contributed by atoms with E-state index in [0.717, 1.165) is 69.9 Å². The van der Waals surface area contributed by atoms with Gasteiger partial charge in [0.15, 0.2) is 11.5 Å². The lowest BCUT2D eigenvalue weighted by Gasteiger charge is -2.24. The number of imidazole rings is 1. The van der Waals surface area contributed by atoms with Gasteiger partial charge in [-0.2, -0.15) is 0 Å². The summed E-state index contributed by atoms with van der Waals surface area (Å²) in [5.41, 5.74) is 6.31. The normalized spacial score (nSPS) is 23.7. The van der Waals surface area contributed by atoms with Gasteiger partial charge in [0, 0.05) is 107 Å². The van der Waals surface area contributed by atoms with Crippen molar-refractivity contribution in [2.45, 2.75) is 166 Å². The third-order valence-electron chi connectivity index (χ3n) is 12.2. The quantitative estimate of drug-likeness (QED) is 0.168. The first-order valence-electron chi connectivity index (χ1n) is 24.6. The van der Waals surface area contributed by atoms with Crippen LogP contribution in [0.15, 0.2) is 30.9 Å². The number of aromatic nitrogens is 4. The van der Waals surface area contributed by atoms with Crippen LogP contribution in [0.1, 0.15) is 122 Å². The highest BCUT2D eigenvalue weighted by molar-refractivity contribution is 6.02. The van der Waals surface area contributed by atoms with E-state index in [1.165, 1.54) is 70.3 Å². The molecule has 18 nitrogen and oxygen atoms in total. The number of halogens is 1. The number of hydrogen-bond donors (Lipinski definition) is 6. The summed E-state index contributed by atoms with van der Waals surface area (Å²) in [6, 6.07) is 5.40. The Balaban J connectivity index is 0.000000147. The maximum absolute atomic E-state index is 14.2. The van der Waals surface area contributed by atoms with E-state index in [1.54, 1.807) is 34.8 Å². The number of carbonyl (C=O) groups excluding carboxylic acids is 3. The van der Waals surface area contributed by atoms with Crippen molar-refractivity contribution in [1.29, 1.82) is 0 Å². The highest BCUT2D eigenvalue weighted by Crippen LogP contribution is 2.25. The minimum atomic E-state index is -0.499. The van der Waals surface area contributed by atoms with E-state index in [9.17, 15) is 18.8 Å². The Bertz CT molecular complexity index is 2110. The summed E-state index contributed by atoms with van der Waals surface area (Å²) >= 11 is 0. The van der Waals surface area contributed by atoms with Gasteiger partial charge in [0.2, 0.25) is 0 Å². The number of nitrogens with zero attached hydrogens (tertiary/aromatic N) is 7. The van der Waals surface area contributed by atoms with Crippen molar-refractivity contribution in [3.63, 3.8) is 0 Å². The Hall–Kier alpha value is -4.69. The second kappa shape index (κ2) is 22.2. The number of anilines is 2. The summed E-state index contributed by atoms with van der Waals surface area (Å²) in [6.07, 6.45) is 18.3. The molecule has 67 heavy (non-hydrogen) atoms. The van der Waals surface area contributed by atoms with Crippen LogP contribution in [0.4, 0.5) is 25.5 Å². The molecule has 0 unspecified atom stereocenters. The summed E-state index contributed by atoms with van der Waals surface area (Å²) in [6.45, 7) is 20.3. The molecule has 0 aromatic carbocycles. The van der Waals surface area contributed by atoms with Crippen molar-refractivity contribution >= 4 is 35.2 Å².